The van der Waals surface area contributed by atoms with E-state index >= 15 is 0 Å². The maximum absolute atomic E-state index is 8.51. The topological polar surface area (TPSA) is 42.4 Å². The van der Waals surface area contributed by atoms with E-state index < -0.39 is 0 Å². The van der Waals surface area contributed by atoms with Crippen LogP contribution < -0.4 is 4.65 Å². The van der Waals surface area contributed by atoms with Crippen molar-refractivity contribution >= 4 is 7.69 Å². The molecule has 0 atom stereocenters. The summed E-state index contributed by atoms with van der Waals surface area (Å²) in [6.45, 7) is 0. The molecule has 0 saturated carbocycles. The van der Waals surface area contributed by atoms with Gasteiger partial charge in [-0.3, -0.25) is 4.98 Å². The molecule has 2 rings (SSSR count). The third kappa shape index (κ3) is 2.36. The number of hydrogen-bond donors (Lipinski definition) is 1. The SMILES string of the molecule is O[B]Oc1ccnc(-c2ccccc2)c1. The van der Waals surface area contributed by atoms with Crippen LogP contribution in [0.4, 0.5) is 0 Å². The van der Waals surface area contributed by atoms with Crippen molar-refractivity contribution in [3.05, 3.63) is 48.7 Å². The summed E-state index contributed by atoms with van der Waals surface area (Å²) in [5.41, 5.74) is 1.83. The van der Waals surface area contributed by atoms with Gasteiger partial charge in [0.2, 0.25) is 0 Å². The van der Waals surface area contributed by atoms with Crippen LogP contribution in [0.2, 0.25) is 0 Å². The summed E-state index contributed by atoms with van der Waals surface area (Å²) in [7, 11) is 0.657. The van der Waals surface area contributed by atoms with Crippen LogP contribution in [-0.4, -0.2) is 17.7 Å². The van der Waals surface area contributed by atoms with Gasteiger partial charge in [-0.25, -0.2) is 0 Å². The van der Waals surface area contributed by atoms with E-state index in [0.29, 0.717) is 13.4 Å². The largest absolute Gasteiger partial charge is 0.569 e. The van der Waals surface area contributed by atoms with Crippen LogP contribution in [0.5, 0.6) is 5.75 Å². The van der Waals surface area contributed by atoms with E-state index in [2.05, 4.69) is 4.98 Å². The van der Waals surface area contributed by atoms with E-state index in [1.807, 2.05) is 30.3 Å². The Labute approximate surface area is 88.7 Å². The van der Waals surface area contributed by atoms with Gasteiger partial charge in [0, 0.05) is 17.8 Å². The molecule has 15 heavy (non-hydrogen) atoms. The average Bonchev–Trinajstić information content (AvgIpc) is 2.31. The predicted octanol–water partition coefficient (Wildman–Crippen LogP) is 1.65. The van der Waals surface area contributed by atoms with Crippen molar-refractivity contribution in [2.45, 2.75) is 0 Å². The Balaban J connectivity index is 2.33. The zero-order chi connectivity index (χ0) is 10.5. The van der Waals surface area contributed by atoms with Crippen molar-refractivity contribution in [1.82, 2.24) is 4.98 Å². The molecule has 4 heteroatoms. The lowest BCUT2D eigenvalue weighted by atomic mass is 10.1. The molecule has 1 aromatic heterocycles. The maximum atomic E-state index is 8.51. The van der Waals surface area contributed by atoms with E-state index in [1.165, 1.54) is 0 Å². The first-order valence-corrected chi connectivity index (χ1v) is 4.54. The summed E-state index contributed by atoms with van der Waals surface area (Å²) in [6.07, 6.45) is 1.64. The number of aromatic nitrogens is 1. The van der Waals surface area contributed by atoms with Crippen molar-refractivity contribution in [2.75, 3.05) is 0 Å². The third-order valence-electron chi connectivity index (χ3n) is 1.99. The first-order valence-electron chi connectivity index (χ1n) is 4.54. The molecule has 0 aliphatic carbocycles. The molecule has 0 fully saturated rings. The maximum Gasteiger partial charge on any atom is 0.569 e. The predicted molar refractivity (Wildman–Crippen MR) is 58.3 cm³/mol. The Morgan fingerprint density at radius 1 is 1.13 bits per heavy atom. The highest BCUT2D eigenvalue weighted by Gasteiger charge is 2.00. The second-order valence-electron chi connectivity index (χ2n) is 2.97. The van der Waals surface area contributed by atoms with Gasteiger partial charge in [0.1, 0.15) is 5.75 Å². The van der Waals surface area contributed by atoms with Gasteiger partial charge in [-0.2, -0.15) is 0 Å². The van der Waals surface area contributed by atoms with E-state index in [9.17, 15) is 0 Å². The molecule has 1 aromatic carbocycles. The van der Waals surface area contributed by atoms with Crippen LogP contribution >= 0.6 is 0 Å². The van der Waals surface area contributed by atoms with Gasteiger partial charge in [-0.15, -0.1) is 0 Å². The Kier molecular flexibility index (Phi) is 3.00. The molecule has 2 aromatic rings. The summed E-state index contributed by atoms with van der Waals surface area (Å²) in [5, 5.41) is 8.51. The number of pyridine rings is 1. The molecule has 0 unspecified atom stereocenters. The van der Waals surface area contributed by atoms with Gasteiger partial charge in [0.15, 0.2) is 0 Å². The second-order valence-corrected chi connectivity index (χ2v) is 2.97. The molecule has 3 nitrogen and oxygen atoms in total. The van der Waals surface area contributed by atoms with E-state index in [4.69, 9.17) is 9.68 Å². The fourth-order valence-electron chi connectivity index (χ4n) is 1.31. The molecular formula is C11H9BNO2. The third-order valence-corrected chi connectivity index (χ3v) is 1.99. The first-order chi connectivity index (χ1) is 7.40. The molecule has 0 aliphatic rings. The first kappa shape index (κ1) is 9.74. The van der Waals surface area contributed by atoms with Gasteiger partial charge in [0.25, 0.3) is 0 Å². The average molecular weight is 198 g/mol. The van der Waals surface area contributed by atoms with Crippen molar-refractivity contribution < 1.29 is 9.68 Å². The van der Waals surface area contributed by atoms with Gasteiger partial charge in [-0.1, -0.05) is 30.3 Å². The summed E-state index contributed by atoms with van der Waals surface area (Å²) < 4.78 is 4.86. The van der Waals surface area contributed by atoms with Crippen molar-refractivity contribution in [1.29, 1.82) is 0 Å². The number of benzene rings is 1. The number of nitrogens with zero attached hydrogens (tertiary/aromatic N) is 1. The van der Waals surface area contributed by atoms with Crippen LogP contribution in [0, 0.1) is 0 Å². The monoisotopic (exact) mass is 198 g/mol. The van der Waals surface area contributed by atoms with Crippen molar-refractivity contribution in [3.63, 3.8) is 0 Å². The highest BCUT2D eigenvalue weighted by molar-refractivity contribution is 6.17. The van der Waals surface area contributed by atoms with E-state index in [-0.39, 0.29) is 0 Å². The lowest BCUT2D eigenvalue weighted by molar-refractivity contribution is 0.453. The Hall–Kier alpha value is -1.81. The molecule has 0 bridgehead atoms. The van der Waals surface area contributed by atoms with Crippen LogP contribution in [0.15, 0.2) is 48.7 Å². The quantitative estimate of drug-likeness (QED) is 0.762. The summed E-state index contributed by atoms with van der Waals surface area (Å²) >= 11 is 0. The molecule has 1 N–H and O–H groups in total. The summed E-state index contributed by atoms with van der Waals surface area (Å²) in [4.78, 5) is 4.22. The molecule has 1 heterocycles. The molecule has 0 saturated heterocycles. The van der Waals surface area contributed by atoms with Crippen molar-refractivity contribution in [3.8, 4) is 17.0 Å². The zero-order valence-electron chi connectivity index (χ0n) is 8.00. The van der Waals surface area contributed by atoms with Gasteiger partial charge in [-0.05, 0) is 6.07 Å². The highest BCUT2D eigenvalue weighted by atomic mass is 16.5. The van der Waals surface area contributed by atoms with Gasteiger partial charge in [0.05, 0.1) is 5.69 Å². The van der Waals surface area contributed by atoms with Gasteiger partial charge < -0.3 is 9.68 Å². The minimum atomic E-state index is 0.561. The number of rotatable bonds is 3. The Morgan fingerprint density at radius 2 is 1.93 bits per heavy atom. The van der Waals surface area contributed by atoms with Crippen LogP contribution in [0.25, 0.3) is 11.3 Å². The van der Waals surface area contributed by atoms with Crippen LogP contribution in [-0.2, 0) is 0 Å². The summed E-state index contributed by atoms with van der Waals surface area (Å²) in [6, 6.07) is 13.2. The molecular weight excluding hydrogens is 189 g/mol. The van der Waals surface area contributed by atoms with E-state index in [1.54, 1.807) is 18.3 Å². The zero-order valence-corrected chi connectivity index (χ0v) is 8.00. The lowest BCUT2D eigenvalue weighted by Gasteiger charge is -2.04. The fraction of sp³-hybridized carbons (Fsp3) is 0. The fourth-order valence-corrected chi connectivity index (χ4v) is 1.31. The minimum absolute atomic E-state index is 0.561. The molecule has 0 spiro atoms. The van der Waals surface area contributed by atoms with E-state index in [0.717, 1.165) is 11.3 Å². The standard InChI is InChI=1S/C11H9BNO2/c14-12-15-10-6-7-13-11(8-10)9-4-2-1-3-5-9/h1-8,14H. The summed E-state index contributed by atoms with van der Waals surface area (Å²) in [5.74, 6) is 0.561. The van der Waals surface area contributed by atoms with Crippen molar-refractivity contribution in [2.24, 2.45) is 0 Å². The molecule has 0 aliphatic heterocycles. The smallest absolute Gasteiger partial charge is 0.537 e. The molecule has 1 radical (unpaired) electrons. The second kappa shape index (κ2) is 4.62. The van der Waals surface area contributed by atoms with Crippen LogP contribution in [0.3, 0.4) is 0 Å². The molecule has 0 amide bonds. The lowest BCUT2D eigenvalue weighted by Crippen LogP contribution is -1.99. The Morgan fingerprint density at radius 3 is 2.67 bits per heavy atom. The van der Waals surface area contributed by atoms with Crippen LogP contribution in [0.1, 0.15) is 0 Å². The number of hydrogen-bond acceptors (Lipinski definition) is 3. The Bertz CT molecular complexity index is 434. The normalized spacial score (nSPS) is 9.67. The van der Waals surface area contributed by atoms with Gasteiger partial charge >= 0.3 is 7.69 Å². The molecule has 73 valence electrons. The minimum Gasteiger partial charge on any atom is -0.537 e. The highest BCUT2D eigenvalue weighted by Crippen LogP contribution is 2.20.